The van der Waals surface area contributed by atoms with Gasteiger partial charge in [-0.05, 0) is 52.7 Å². The Balaban J connectivity index is 0.00000361. The van der Waals surface area contributed by atoms with Gasteiger partial charge in [0.15, 0.2) is 0 Å². The molecule has 0 fully saturated rings. The molecule has 0 spiro atoms. The van der Waals surface area contributed by atoms with Crippen LogP contribution in [0.2, 0.25) is 0 Å². The number of carbonyl (C=O) groups excluding carboxylic acids is 1. The van der Waals surface area contributed by atoms with E-state index in [1.54, 1.807) is 0 Å². The summed E-state index contributed by atoms with van der Waals surface area (Å²) in [5.41, 5.74) is 3.16. The van der Waals surface area contributed by atoms with Gasteiger partial charge in [0.25, 0.3) is 0 Å². The summed E-state index contributed by atoms with van der Waals surface area (Å²) in [5, 5.41) is 3.04. The van der Waals surface area contributed by atoms with Crippen LogP contribution in [-0.2, 0) is 4.79 Å². The predicted octanol–water partition coefficient (Wildman–Crippen LogP) is 3.78. The lowest BCUT2D eigenvalue weighted by molar-refractivity contribution is -0.118. The van der Waals surface area contributed by atoms with Crippen molar-refractivity contribution in [2.45, 2.75) is 53.6 Å². The molecule has 1 amide bonds. The summed E-state index contributed by atoms with van der Waals surface area (Å²) in [7, 11) is 0. The molecule has 1 aromatic carbocycles. The summed E-state index contributed by atoms with van der Waals surface area (Å²) in [4.78, 5) is 14.4. The van der Waals surface area contributed by atoms with Crippen molar-refractivity contribution < 1.29 is 4.79 Å². The fourth-order valence-corrected chi connectivity index (χ4v) is 2.32. The second kappa shape index (κ2) is 8.28. The Kier molecular flexibility index (Phi) is 7.84. The molecule has 1 rings (SSSR count). The quantitative estimate of drug-likeness (QED) is 0.897. The van der Waals surface area contributed by atoms with Crippen molar-refractivity contribution in [2.75, 3.05) is 11.9 Å². The van der Waals surface area contributed by atoms with E-state index in [0.717, 1.165) is 16.8 Å². The minimum absolute atomic E-state index is 0. The Morgan fingerprint density at radius 3 is 1.95 bits per heavy atom. The molecule has 0 radical (unpaired) electrons. The first-order chi connectivity index (χ1) is 8.82. The number of anilines is 1. The van der Waals surface area contributed by atoms with Gasteiger partial charge in [-0.3, -0.25) is 9.69 Å². The summed E-state index contributed by atoms with van der Waals surface area (Å²) in [6.07, 6.45) is 0. The third kappa shape index (κ3) is 5.14. The molecule has 0 unspecified atom stereocenters. The van der Waals surface area contributed by atoms with Crippen LogP contribution in [0.25, 0.3) is 0 Å². The standard InChI is InChI=1S/C16H26N2O.ClH/c1-11(2)18(12(3)4)10-15(19)17-16-13(5)8-7-9-14(16)6;/h7-9,11-12H,10H2,1-6H3,(H,17,19);1H. The second-order valence-corrected chi connectivity index (χ2v) is 5.67. The topological polar surface area (TPSA) is 32.3 Å². The van der Waals surface area contributed by atoms with E-state index < -0.39 is 0 Å². The van der Waals surface area contributed by atoms with Crippen LogP contribution in [0.4, 0.5) is 5.69 Å². The molecule has 0 saturated heterocycles. The molecule has 0 aliphatic rings. The van der Waals surface area contributed by atoms with Crippen LogP contribution in [0.15, 0.2) is 18.2 Å². The highest BCUT2D eigenvalue weighted by Crippen LogP contribution is 2.19. The molecule has 0 aliphatic heterocycles. The van der Waals surface area contributed by atoms with Gasteiger partial charge >= 0.3 is 0 Å². The zero-order valence-corrected chi connectivity index (χ0v) is 14.2. The molecule has 1 N–H and O–H groups in total. The normalized spacial score (nSPS) is 10.8. The molecule has 0 aromatic heterocycles. The van der Waals surface area contributed by atoms with Crippen molar-refractivity contribution in [3.63, 3.8) is 0 Å². The van der Waals surface area contributed by atoms with Crippen LogP contribution in [0, 0.1) is 13.8 Å². The van der Waals surface area contributed by atoms with Crippen LogP contribution in [-0.4, -0.2) is 29.4 Å². The van der Waals surface area contributed by atoms with E-state index in [1.807, 2.05) is 32.0 Å². The summed E-state index contributed by atoms with van der Waals surface area (Å²) in [6, 6.07) is 6.78. The first-order valence-electron chi connectivity index (χ1n) is 6.94. The summed E-state index contributed by atoms with van der Waals surface area (Å²) in [6.45, 7) is 12.9. The lowest BCUT2D eigenvalue weighted by Gasteiger charge is -2.29. The van der Waals surface area contributed by atoms with Gasteiger partial charge in [0.1, 0.15) is 0 Å². The van der Waals surface area contributed by atoms with Crippen molar-refractivity contribution in [2.24, 2.45) is 0 Å². The number of rotatable bonds is 5. The number of carbonyl (C=O) groups is 1. The molecule has 0 aliphatic carbocycles. The van der Waals surface area contributed by atoms with Gasteiger partial charge in [0.05, 0.1) is 6.54 Å². The van der Waals surface area contributed by atoms with Gasteiger partial charge in [0.2, 0.25) is 5.91 Å². The van der Waals surface area contributed by atoms with Gasteiger partial charge in [-0.15, -0.1) is 12.4 Å². The van der Waals surface area contributed by atoms with E-state index in [2.05, 4.69) is 37.9 Å². The van der Waals surface area contributed by atoms with Gasteiger partial charge in [-0.25, -0.2) is 0 Å². The maximum atomic E-state index is 12.2. The van der Waals surface area contributed by atoms with Crippen molar-refractivity contribution in [3.8, 4) is 0 Å². The third-order valence-corrected chi connectivity index (χ3v) is 3.40. The van der Waals surface area contributed by atoms with E-state index >= 15 is 0 Å². The molecule has 1 aromatic rings. The van der Waals surface area contributed by atoms with Crippen molar-refractivity contribution in [1.29, 1.82) is 0 Å². The Bertz CT molecular complexity index is 416. The highest BCUT2D eigenvalue weighted by molar-refractivity contribution is 5.93. The molecular formula is C16H27ClN2O. The van der Waals surface area contributed by atoms with Crippen LogP contribution in [0.3, 0.4) is 0 Å². The number of hydrogen-bond donors (Lipinski definition) is 1. The average Bonchev–Trinajstić information content (AvgIpc) is 2.30. The molecule has 0 heterocycles. The number of halogens is 1. The fraction of sp³-hybridized carbons (Fsp3) is 0.562. The Morgan fingerprint density at radius 1 is 1.10 bits per heavy atom. The zero-order chi connectivity index (χ0) is 14.6. The largest absolute Gasteiger partial charge is 0.324 e. The average molecular weight is 299 g/mol. The first kappa shape index (κ1) is 18.9. The Hall–Kier alpha value is -1.06. The van der Waals surface area contributed by atoms with E-state index in [0.29, 0.717) is 18.6 Å². The van der Waals surface area contributed by atoms with Crippen LogP contribution < -0.4 is 5.32 Å². The Labute approximate surface area is 129 Å². The second-order valence-electron chi connectivity index (χ2n) is 5.67. The number of nitrogens with one attached hydrogen (secondary N) is 1. The first-order valence-corrected chi connectivity index (χ1v) is 6.94. The minimum atomic E-state index is 0. The Morgan fingerprint density at radius 2 is 1.55 bits per heavy atom. The molecule has 0 saturated carbocycles. The molecule has 114 valence electrons. The maximum absolute atomic E-state index is 12.2. The highest BCUT2D eigenvalue weighted by Gasteiger charge is 2.17. The van der Waals surface area contributed by atoms with E-state index in [9.17, 15) is 4.79 Å². The van der Waals surface area contributed by atoms with E-state index in [4.69, 9.17) is 0 Å². The number of para-hydroxylation sites is 1. The number of hydrogen-bond acceptors (Lipinski definition) is 2. The van der Waals surface area contributed by atoms with Gasteiger partial charge in [-0.2, -0.15) is 0 Å². The fourth-order valence-electron chi connectivity index (χ4n) is 2.32. The monoisotopic (exact) mass is 298 g/mol. The molecule has 0 bridgehead atoms. The van der Waals surface area contributed by atoms with Crippen molar-refractivity contribution in [1.82, 2.24) is 4.90 Å². The van der Waals surface area contributed by atoms with Gasteiger partial charge in [-0.1, -0.05) is 18.2 Å². The van der Waals surface area contributed by atoms with Crippen molar-refractivity contribution >= 4 is 24.0 Å². The van der Waals surface area contributed by atoms with Crippen LogP contribution in [0.5, 0.6) is 0 Å². The summed E-state index contributed by atoms with van der Waals surface area (Å²) >= 11 is 0. The molecular weight excluding hydrogens is 272 g/mol. The summed E-state index contributed by atoms with van der Waals surface area (Å²) < 4.78 is 0. The molecule has 0 atom stereocenters. The third-order valence-electron chi connectivity index (χ3n) is 3.40. The molecule has 4 heteroatoms. The molecule has 3 nitrogen and oxygen atoms in total. The summed E-state index contributed by atoms with van der Waals surface area (Å²) in [5.74, 6) is 0.0554. The van der Waals surface area contributed by atoms with Gasteiger partial charge in [0, 0.05) is 17.8 Å². The zero-order valence-electron chi connectivity index (χ0n) is 13.4. The van der Waals surface area contributed by atoms with E-state index in [-0.39, 0.29) is 18.3 Å². The number of nitrogens with zero attached hydrogens (tertiary/aromatic N) is 1. The molecule has 20 heavy (non-hydrogen) atoms. The lowest BCUT2D eigenvalue weighted by atomic mass is 10.1. The smallest absolute Gasteiger partial charge is 0.238 e. The van der Waals surface area contributed by atoms with Gasteiger partial charge < -0.3 is 5.32 Å². The SMILES string of the molecule is Cc1cccc(C)c1NC(=O)CN(C(C)C)C(C)C.Cl. The lowest BCUT2D eigenvalue weighted by Crippen LogP contribution is -2.42. The van der Waals surface area contributed by atoms with E-state index in [1.165, 1.54) is 0 Å². The number of amides is 1. The van der Waals surface area contributed by atoms with Crippen LogP contribution in [0.1, 0.15) is 38.8 Å². The predicted molar refractivity (Wildman–Crippen MR) is 88.8 cm³/mol. The maximum Gasteiger partial charge on any atom is 0.238 e. The number of aryl methyl sites for hydroxylation is 2. The highest BCUT2D eigenvalue weighted by atomic mass is 35.5. The number of benzene rings is 1. The van der Waals surface area contributed by atoms with Crippen LogP contribution >= 0.6 is 12.4 Å². The minimum Gasteiger partial charge on any atom is -0.324 e. The van der Waals surface area contributed by atoms with Crippen molar-refractivity contribution in [3.05, 3.63) is 29.3 Å².